The van der Waals surface area contributed by atoms with E-state index in [0.717, 1.165) is 69.1 Å². The average molecular weight is 546 g/mol. The summed E-state index contributed by atoms with van der Waals surface area (Å²) in [5, 5.41) is 6.63. The van der Waals surface area contributed by atoms with Gasteiger partial charge in [-0.05, 0) is 50.3 Å². The molecular weight excluding hydrogens is 507 g/mol. The number of nitrogens with zero attached hydrogens (tertiary/aromatic N) is 2. The second-order valence-corrected chi connectivity index (χ2v) is 7.49. The molecule has 0 radical (unpaired) electrons. The van der Waals surface area contributed by atoms with Gasteiger partial charge in [0.2, 0.25) is 5.91 Å². The smallest absolute Gasteiger partial charge is 0.222 e. The van der Waals surface area contributed by atoms with Crippen molar-refractivity contribution in [3.05, 3.63) is 29.8 Å². The molecule has 1 fully saturated rings. The van der Waals surface area contributed by atoms with Gasteiger partial charge in [-0.3, -0.25) is 9.79 Å². The highest BCUT2D eigenvalue weighted by atomic mass is 127. The Balaban J connectivity index is 0.00000480. The number of benzene rings is 1. The topological polar surface area (TPSA) is 75.2 Å². The van der Waals surface area contributed by atoms with Crippen LogP contribution in [0.5, 0.6) is 5.75 Å². The molecule has 0 atom stereocenters. The van der Waals surface area contributed by atoms with Crippen LogP contribution in [-0.4, -0.2) is 63.2 Å². The second-order valence-electron chi connectivity index (χ2n) is 7.49. The molecule has 0 spiro atoms. The van der Waals surface area contributed by atoms with E-state index in [9.17, 15) is 4.79 Å². The number of aliphatic imine (C=N–C) groups is 1. The normalized spacial score (nSPS) is 14.6. The number of hydrogen-bond donors (Lipinski definition) is 2. The first-order valence-corrected chi connectivity index (χ1v) is 11.2. The number of nitrogens with one attached hydrogen (secondary N) is 2. The minimum Gasteiger partial charge on any atom is -0.497 e. The van der Waals surface area contributed by atoms with E-state index in [1.807, 2.05) is 29.2 Å². The molecule has 2 N–H and O–H groups in total. The van der Waals surface area contributed by atoms with E-state index in [-0.39, 0.29) is 24.0 Å². The van der Waals surface area contributed by atoms with Crippen molar-refractivity contribution in [3.8, 4) is 5.75 Å². The van der Waals surface area contributed by atoms with Gasteiger partial charge in [-0.25, -0.2) is 0 Å². The molecule has 8 heteroatoms. The molecule has 0 aliphatic carbocycles. The van der Waals surface area contributed by atoms with Crippen LogP contribution >= 0.6 is 24.0 Å². The van der Waals surface area contributed by atoms with E-state index in [4.69, 9.17) is 9.47 Å². The van der Waals surface area contributed by atoms with E-state index in [1.54, 1.807) is 7.11 Å². The number of rotatable bonds is 12. The Morgan fingerprint density at radius 1 is 1.13 bits per heavy atom. The molecular formula is C23H39IN4O3. The number of likely N-dealkylation sites (tertiary alicyclic amines) is 1. The fraction of sp³-hybridized carbons (Fsp3) is 0.652. The third-order valence-electron chi connectivity index (χ3n) is 5.06. The second kappa shape index (κ2) is 17.1. The Kier molecular flexibility index (Phi) is 15.1. The predicted octanol–water partition coefficient (Wildman–Crippen LogP) is 3.57. The number of amides is 1. The van der Waals surface area contributed by atoms with Crippen LogP contribution in [0.25, 0.3) is 0 Å². The molecule has 1 saturated heterocycles. The Morgan fingerprint density at radius 2 is 1.94 bits per heavy atom. The lowest BCUT2D eigenvalue weighted by Crippen LogP contribution is -2.38. The largest absolute Gasteiger partial charge is 0.497 e. The molecule has 1 aliphatic rings. The Labute approximate surface area is 204 Å². The zero-order valence-electron chi connectivity index (χ0n) is 19.0. The maximum Gasteiger partial charge on any atom is 0.222 e. The number of ether oxygens (including phenoxy) is 2. The van der Waals surface area contributed by atoms with Crippen LogP contribution in [0, 0.1) is 0 Å². The summed E-state index contributed by atoms with van der Waals surface area (Å²) in [4.78, 5) is 18.7. The summed E-state index contributed by atoms with van der Waals surface area (Å²) in [6.07, 6.45) is 5.83. The molecule has 0 bridgehead atoms. The van der Waals surface area contributed by atoms with E-state index in [1.165, 1.54) is 6.42 Å². The molecule has 2 rings (SSSR count). The summed E-state index contributed by atoms with van der Waals surface area (Å²) in [5.41, 5.74) is 1.14. The first kappa shape index (κ1) is 27.5. The van der Waals surface area contributed by atoms with Crippen LogP contribution in [0.2, 0.25) is 0 Å². The molecule has 176 valence electrons. The van der Waals surface area contributed by atoms with Gasteiger partial charge in [0.25, 0.3) is 0 Å². The van der Waals surface area contributed by atoms with Crippen molar-refractivity contribution in [2.24, 2.45) is 4.99 Å². The molecule has 1 amide bonds. The van der Waals surface area contributed by atoms with Crippen molar-refractivity contribution in [2.75, 3.05) is 46.4 Å². The first-order valence-electron chi connectivity index (χ1n) is 11.2. The van der Waals surface area contributed by atoms with Crippen molar-refractivity contribution in [1.82, 2.24) is 15.5 Å². The molecule has 1 aromatic carbocycles. The summed E-state index contributed by atoms with van der Waals surface area (Å²) in [7, 11) is 1.67. The van der Waals surface area contributed by atoms with Crippen molar-refractivity contribution in [1.29, 1.82) is 0 Å². The van der Waals surface area contributed by atoms with E-state index in [0.29, 0.717) is 32.1 Å². The minimum absolute atomic E-state index is 0. The maximum atomic E-state index is 12.0. The van der Waals surface area contributed by atoms with Crippen LogP contribution in [0.4, 0.5) is 0 Å². The number of guanidine groups is 1. The molecule has 1 aromatic rings. The Hall–Kier alpha value is -1.55. The lowest BCUT2D eigenvalue weighted by Gasteiger charge is -2.20. The third kappa shape index (κ3) is 11.6. The van der Waals surface area contributed by atoms with Gasteiger partial charge in [0.1, 0.15) is 5.75 Å². The number of carbonyl (C=O) groups excluding carboxylic acids is 1. The lowest BCUT2D eigenvalue weighted by atomic mass is 10.2. The minimum atomic E-state index is 0. The van der Waals surface area contributed by atoms with Gasteiger partial charge in [-0.15, -0.1) is 24.0 Å². The maximum absolute atomic E-state index is 12.0. The molecule has 31 heavy (non-hydrogen) atoms. The number of hydrogen-bond acceptors (Lipinski definition) is 4. The molecule has 7 nitrogen and oxygen atoms in total. The van der Waals surface area contributed by atoms with Crippen molar-refractivity contribution < 1.29 is 14.3 Å². The summed E-state index contributed by atoms with van der Waals surface area (Å²) in [6, 6.07) is 7.93. The van der Waals surface area contributed by atoms with Gasteiger partial charge in [-0.2, -0.15) is 0 Å². The standard InChI is InChI=1S/C23H38N4O3.HI/c1-3-24-23(25-14-7-17-27-16-6-4-5-9-22(27)28)26-15-8-18-30-19-20-10-12-21(29-2)13-11-20;/h10-13H,3-9,14-19H2,1-2H3,(H2,24,25,26);1H. The number of methoxy groups -OCH3 is 1. The van der Waals surface area contributed by atoms with Crippen LogP contribution in [0.3, 0.4) is 0 Å². The highest BCUT2D eigenvalue weighted by Gasteiger charge is 2.15. The third-order valence-corrected chi connectivity index (χ3v) is 5.06. The van der Waals surface area contributed by atoms with Gasteiger partial charge in [0.15, 0.2) is 5.96 Å². The zero-order valence-corrected chi connectivity index (χ0v) is 21.4. The molecule has 1 heterocycles. The summed E-state index contributed by atoms with van der Waals surface area (Å²) in [6.45, 7) is 7.41. The highest BCUT2D eigenvalue weighted by molar-refractivity contribution is 14.0. The molecule has 0 unspecified atom stereocenters. The first-order chi connectivity index (χ1) is 14.7. The van der Waals surface area contributed by atoms with Gasteiger partial charge in [-0.1, -0.05) is 18.6 Å². The summed E-state index contributed by atoms with van der Waals surface area (Å²) >= 11 is 0. The monoisotopic (exact) mass is 546 g/mol. The zero-order chi connectivity index (χ0) is 21.4. The molecule has 0 saturated carbocycles. The summed E-state index contributed by atoms with van der Waals surface area (Å²) in [5.74, 6) is 1.99. The van der Waals surface area contributed by atoms with E-state index >= 15 is 0 Å². The number of carbonyl (C=O) groups is 1. The summed E-state index contributed by atoms with van der Waals surface area (Å²) < 4.78 is 10.9. The Morgan fingerprint density at radius 3 is 2.68 bits per heavy atom. The predicted molar refractivity (Wildman–Crippen MR) is 136 cm³/mol. The fourth-order valence-corrected chi connectivity index (χ4v) is 3.36. The van der Waals surface area contributed by atoms with E-state index < -0.39 is 0 Å². The number of halogens is 1. The SMILES string of the molecule is CCNC(=NCCCN1CCCCCC1=O)NCCCOCc1ccc(OC)cc1.I. The van der Waals surface area contributed by atoms with Crippen LogP contribution in [-0.2, 0) is 16.1 Å². The van der Waals surface area contributed by atoms with Gasteiger partial charge < -0.3 is 25.0 Å². The fourth-order valence-electron chi connectivity index (χ4n) is 3.36. The van der Waals surface area contributed by atoms with Crippen LogP contribution < -0.4 is 15.4 Å². The van der Waals surface area contributed by atoms with Crippen molar-refractivity contribution in [3.63, 3.8) is 0 Å². The highest BCUT2D eigenvalue weighted by Crippen LogP contribution is 2.12. The molecule has 0 aromatic heterocycles. The van der Waals surface area contributed by atoms with Crippen LogP contribution in [0.15, 0.2) is 29.3 Å². The van der Waals surface area contributed by atoms with Gasteiger partial charge in [0.05, 0.1) is 13.7 Å². The van der Waals surface area contributed by atoms with Gasteiger partial charge >= 0.3 is 0 Å². The Bertz CT molecular complexity index is 640. The molecule has 1 aliphatic heterocycles. The average Bonchev–Trinajstić information content (AvgIpc) is 2.97. The quantitative estimate of drug-likeness (QED) is 0.182. The van der Waals surface area contributed by atoms with Crippen molar-refractivity contribution >= 4 is 35.8 Å². The van der Waals surface area contributed by atoms with Crippen molar-refractivity contribution in [2.45, 2.75) is 52.1 Å². The van der Waals surface area contributed by atoms with Gasteiger partial charge in [0, 0.05) is 45.8 Å². The van der Waals surface area contributed by atoms with E-state index in [2.05, 4.69) is 22.5 Å². The lowest BCUT2D eigenvalue weighted by molar-refractivity contribution is -0.130. The van der Waals surface area contributed by atoms with Crippen LogP contribution in [0.1, 0.15) is 51.0 Å².